The van der Waals surface area contributed by atoms with Crippen LogP contribution in [0, 0.1) is 0 Å². The SMILES string of the molecule is NC(=O)C(OC(=O)c1ccc(=O)n(Cc2ccccc2)n1)c1ccccc1. The standard InChI is InChI=1S/C20H17N3O4/c21-19(25)18(15-9-5-2-6-10-15)27-20(26)16-11-12-17(24)23(22-16)13-14-7-3-1-4-8-14/h1-12,18H,13H2,(H2,21,25). The Morgan fingerprint density at radius 3 is 2.22 bits per heavy atom. The molecule has 0 saturated carbocycles. The smallest absolute Gasteiger partial charge is 0.359 e. The molecule has 0 bridgehead atoms. The van der Waals surface area contributed by atoms with Crippen LogP contribution < -0.4 is 11.3 Å². The maximum Gasteiger partial charge on any atom is 0.359 e. The minimum Gasteiger partial charge on any atom is -0.443 e. The van der Waals surface area contributed by atoms with Gasteiger partial charge >= 0.3 is 5.97 Å². The molecule has 1 amide bonds. The van der Waals surface area contributed by atoms with Gasteiger partial charge in [0.25, 0.3) is 11.5 Å². The van der Waals surface area contributed by atoms with E-state index < -0.39 is 18.0 Å². The summed E-state index contributed by atoms with van der Waals surface area (Å²) in [5.74, 6) is -1.64. The molecule has 0 spiro atoms. The number of esters is 1. The van der Waals surface area contributed by atoms with Gasteiger partial charge in [0.2, 0.25) is 6.10 Å². The predicted molar refractivity (Wildman–Crippen MR) is 97.8 cm³/mol. The molecule has 1 heterocycles. The van der Waals surface area contributed by atoms with E-state index in [1.165, 1.54) is 12.1 Å². The van der Waals surface area contributed by atoms with Gasteiger partial charge in [-0.25, -0.2) is 9.48 Å². The van der Waals surface area contributed by atoms with Crippen LogP contribution in [0.3, 0.4) is 0 Å². The molecule has 1 unspecified atom stereocenters. The van der Waals surface area contributed by atoms with E-state index in [9.17, 15) is 14.4 Å². The number of benzene rings is 2. The maximum atomic E-state index is 12.4. The lowest BCUT2D eigenvalue weighted by Crippen LogP contribution is -2.29. The van der Waals surface area contributed by atoms with Crippen LogP contribution in [0.25, 0.3) is 0 Å². The van der Waals surface area contributed by atoms with Gasteiger partial charge < -0.3 is 10.5 Å². The molecule has 2 aromatic carbocycles. The Morgan fingerprint density at radius 2 is 1.59 bits per heavy atom. The van der Waals surface area contributed by atoms with E-state index in [1.807, 2.05) is 30.3 Å². The number of hydrogen-bond donors (Lipinski definition) is 1. The van der Waals surface area contributed by atoms with E-state index in [4.69, 9.17) is 10.5 Å². The first-order chi connectivity index (χ1) is 13.0. The van der Waals surface area contributed by atoms with E-state index in [0.29, 0.717) is 5.56 Å². The molecule has 1 aromatic heterocycles. The second-order valence-electron chi connectivity index (χ2n) is 5.80. The highest BCUT2D eigenvalue weighted by molar-refractivity contribution is 5.90. The van der Waals surface area contributed by atoms with Gasteiger partial charge in [0.05, 0.1) is 6.54 Å². The van der Waals surface area contributed by atoms with Crippen molar-refractivity contribution in [3.63, 3.8) is 0 Å². The summed E-state index contributed by atoms with van der Waals surface area (Å²) in [6, 6.07) is 20.2. The average Bonchev–Trinajstić information content (AvgIpc) is 2.69. The minimum absolute atomic E-state index is 0.0901. The molecule has 7 nitrogen and oxygen atoms in total. The van der Waals surface area contributed by atoms with Crippen molar-refractivity contribution in [2.75, 3.05) is 0 Å². The summed E-state index contributed by atoms with van der Waals surface area (Å²) in [5.41, 5.74) is 6.23. The van der Waals surface area contributed by atoms with Gasteiger partial charge in [-0.3, -0.25) is 9.59 Å². The summed E-state index contributed by atoms with van der Waals surface area (Å²) < 4.78 is 6.40. The zero-order chi connectivity index (χ0) is 19.2. The van der Waals surface area contributed by atoms with Gasteiger partial charge in [-0.2, -0.15) is 5.10 Å². The van der Waals surface area contributed by atoms with Gasteiger partial charge in [-0.05, 0) is 11.6 Å². The quantitative estimate of drug-likeness (QED) is 0.671. The lowest BCUT2D eigenvalue weighted by Gasteiger charge is -2.15. The van der Waals surface area contributed by atoms with Crippen molar-refractivity contribution in [3.8, 4) is 0 Å². The first kappa shape index (κ1) is 18.1. The molecule has 1 atom stereocenters. The van der Waals surface area contributed by atoms with Crippen molar-refractivity contribution in [1.29, 1.82) is 0 Å². The Hall–Kier alpha value is -3.74. The number of aromatic nitrogens is 2. The molecule has 3 rings (SSSR count). The lowest BCUT2D eigenvalue weighted by molar-refractivity contribution is -0.127. The van der Waals surface area contributed by atoms with Crippen LogP contribution in [0.5, 0.6) is 0 Å². The van der Waals surface area contributed by atoms with Crippen LogP contribution in [-0.4, -0.2) is 21.7 Å². The fourth-order valence-corrected chi connectivity index (χ4v) is 2.51. The summed E-state index contributed by atoms with van der Waals surface area (Å²) >= 11 is 0. The van der Waals surface area contributed by atoms with Gasteiger partial charge in [0.1, 0.15) is 0 Å². The summed E-state index contributed by atoms with van der Waals surface area (Å²) in [4.78, 5) is 36.2. The minimum atomic E-state index is -1.24. The predicted octanol–water partition coefficient (Wildman–Crippen LogP) is 1.67. The molecular weight excluding hydrogens is 346 g/mol. The Morgan fingerprint density at radius 1 is 0.963 bits per heavy atom. The van der Waals surface area contributed by atoms with Crippen LogP contribution in [-0.2, 0) is 16.1 Å². The molecule has 2 N–H and O–H groups in total. The fraction of sp³-hybridized carbons (Fsp3) is 0.100. The van der Waals surface area contributed by atoms with Crippen molar-refractivity contribution in [2.45, 2.75) is 12.6 Å². The third-order valence-corrected chi connectivity index (χ3v) is 3.84. The highest BCUT2D eigenvalue weighted by Gasteiger charge is 2.24. The maximum absolute atomic E-state index is 12.4. The number of hydrogen-bond acceptors (Lipinski definition) is 5. The third-order valence-electron chi connectivity index (χ3n) is 3.84. The summed E-state index contributed by atoms with van der Waals surface area (Å²) in [7, 11) is 0. The number of primary amides is 1. The Balaban J connectivity index is 1.83. The van der Waals surface area contributed by atoms with Crippen molar-refractivity contribution in [2.24, 2.45) is 5.73 Å². The number of rotatable bonds is 6. The molecular formula is C20H17N3O4. The summed E-state index contributed by atoms with van der Waals surface area (Å²) in [6.07, 6.45) is -1.24. The van der Waals surface area contributed by atoms with E-state index in [0.717, 1.165) is 10.2 Å². The largest absolute Gasteiger partial charge is 0.443 e. The number of nitrogens with zero attached hydrogens (tertiary/aromatic N) is 2. The molecule has 0 aliphatic heterocycles. The number of carbonyl (C=O) groups excluding carboxylic acids is 2. The third kappa shape index (κ3) is 4.46. The second kappa shape index (κ2) is 8.09. The molecule has 7 heteroatoms. The molecule has 27 heavy (non-hydrogen) atoms. The molecule has 0 fully saturated rings. The fourth-order valence-electron chi connectivity index (χ4n) is 2.51. The van der Waals surface area contributed by atoms with Crippen molar-refractivity contribution >= 4 is 11.9 Å². The monoisotopic (exact) mass is 363 g/mol. The topological polar surface area (TPSA) is 104 Å². The first-order valence-electron chi connectivity index (χ1n) is 8.22. The van der Waals surface area contributed by atoms with Crippen molar-refractivity contribution < 1.29 is 14.3 Å². The first-order valence-corrected chi connectivity index (χ1v) is 8.22. The van der Waals surface area contributed by atoms with E-state index in [-0.39, 0.29) is 17.8 Å². The van der Waals surface area contributed by atoms with Crippen molar-refractivity contribution in [1.82, 2.24) is 9.78 Å². The Kier molecular flexibility index (Phi) is 5.41. The zero-order valence-electron chi connectivity index (χ0n) is 14.3. The van der Waals surface area contributed by atoms with Crippen LogP contribution in [0.15, 0.2) is 77.6 Å². The Labute approximate surface area is 155 Å². The molecule has 0 radical (unpaired) electrons. The van der Waals surface area contributed by atoms with Crippen molar-refractivity contribution in [3.05, 3.63) is 100.0 Å². The molecule has 0 saturated heterocycles. The number of amides is 1. The van der Waals surface area contributed by atoms with Crippen LogP contribution >= 0.6 is 0 Å². The zero-order valence-corrected chi connectivity index (χ0v) is 14.3. The van der Waals surface area contributed by atoms with Crippen LogP contribution in [0.2, 0.25) is 0 Å². The normalized spacial score (nSPS) is 11.6. The number of carbonyl (C=O) groups is 2. The highest BCUT2D eigenvalue weighted by atomic mass is 16.5. The van der Waals surface area contributed by atoms with Gasteiger partial charge in [0, 0.05) is 11.6 Å². The van der Waals surface area contributed by atoms with Crippen LogP contribution in [0.1, 0.15) is 27.7 Å². The Bertz CT molecular complexity index is 1000. The lowest BCUT2D eigenvalue weighted by atomic mass is 10.1. The second-order valence-corrected chi connectivity index (χ2v) is 5.80. The van der Waals surface area contributed by atoms with Gasteiger partial charge in [-0.1, -0.05) is 60.7 Å². The average molecular weight is 363 g/mol. The summed E-state index contributed by atoms with van der Waals surface area (Å²) in [6.45, 7) is 0.207. The molecule has 3 aromatic rings. The van der Waals surface area contributed by atoms with E-state index >= 15 is 0 Å². The molecule has 136 valence electrons. The van der Waals surface area contributed by atoms with E-state index in [1.54, 1.807) is 30.3 Å². The number of nitrogens with two attached hydrogens (primary N) is 1. The molecule has 0 aliphatic carbocycles. The van der Waals surface area contributed by atoms with Gasteiger partial charge in [-0.15, -0.1) is 0 Å². The number of ether oxygens (including phenoxy) is 1. The van der Waals surface area contributed by atoms with Crippen LogP contribution in [0.4, 0.5) is 0 Å². The summed E-state index contributed by atoms with van der Waals surface area (Å²) in [5, 5.41) is 4.05. The molecule has 0 aliphatic rings. The highest BCUT2D eigenvalue weighted by Crippen LogP contribution is 2.18. The van der Waals surface area contributed by atoms with Gasteiger partial charge in [0.15, 0.2) is 5.69 Å². The van der Waals surface area contributed by atoms with E-state index in [2.05, 4.69) is 5.10 Å².